The number of furan rings is 1. The van der Waals surface area contributed by atoms with Crippen molar-refractivity contribution in [2.45, 2.75) is 13.8 Å². The summed E-state index contributed by atoms with van der Waals surface area (Å²) in [6.45, 7) is 4.81. The summed E-state index contributed by atoms with van der Waals surface area (Å²) in [5.74, 6) is 1.61. The van der Waals surface area contributed by atoms with Gasteiger partial charge in [-0.05, 0) is 50.2 Å². The summed E-state index contributed by atoms with van der Waals surface area (Å²) in [4.78, 5) is 17.3. The van der Waals surface area contributed by atoms with Crippen LogP contribution in [0.5, 0.6) is 11.5 Å². The van der Waals surface area contributed by atoms with E-state index in [1.54, 1.807) is 24.3 Å². The highest BCUT2D eigenvalue weighted by Crippen LogP contribution is 2.33. The molecular weight excluding hydrogens is 388 g/mol. The number of nitrogens with one attached hydrogen (secondary N) is 1. The van der Waals surface area contributed by atoms with Crippen molar-refractivity contribution in [3.05, 3.63) is 60.4 Å². The van der Waals surface area contributed by atoms with Crippen molar-refractivity contribution in [3.8, 4) is 22.3 Å². The average Bonchev–Trinajstić information content (AvgIpc) is 3.37. The van der Waals surface area contributed by atoms with E-state index < -0.39 is 0 Å². The van der Waals surface area contributed by atoms with E-state index in [-0.39, 0.29) is 11.7 Å². The molecule has 0 radical (unpaired) electrons. The molecule has 0 saturated heterocycles. The number of carbonyl (C=O) groups excluding carboxylic acids is 1. The molecule has 0 aliphatic rings. The predicted octanol–water partition coefficient (Wildman–Crippen LogP) is 5.61. The summed E-state index contributed by atoms with van der Waals surface area (Å²) >= 11 is 1.52. The van der Waals surface area contributed by atoms with E-state index in [2.05, 4.69) is 10.3 Å². The summed E-state index contributed by atoms with van der Waals surface area (Å²) in [5, 5.41) is 3.58. The zero-order valence-electron chi connectivity index (χ0n) is 16.1. The maximum atomic E-state index is 12.7. The van der Waals surface area contributed by atoms with Crippen LogP contribution in [0, 0.1) is 0 Å². The van der Waals surface area contributed by atoms with E-state index in [4.69, 9.17) is 13.9 Å². The minimum Gasteiger partial charge on any atom is -0.494 e. The zero-order valence-corrected chi connectivity index (χ0v) is 16.9. The maximum absolute atomic E-state index is 12.7. The van der Waals surface area contributed by atoms with Crippen LogP contribution in [0.15, 0.2) is 59.0 Å². The summed E-state index contributed by atoms with van der Waals surface area (Å²) in [5.41, 5.74) is 1.43. The minimum atomic E-state index is -0.369. The van der Waals surface area contributed by atoms with Gasteiger partial charge in [-0.25, -0.2) is 4.98 Å². The second kappa shape index (κ2) is 8.36. The van der Waals surface area contributed by atoms with E-state index in [0.717, 1.165) is 15.2 Å². The van der Waals surface area contributed by atoms with Crippen LogP contribution in [-0.4, -0.2) is 24.1 Å². The van der Waals surface area contributed by atoms with Gasteiger partial charge in [0.25, 0.3) is 5.91 Å². The van der Waals surface area contributed by atoms with Gasteiger partial charge in [-0.3, -0.25) is 4.79 Å². The lowest BCUT2D eigenvalue weighted by molar-refractivity contribution is 0.0997. The number of benzene rings is 2. The van der Waals surface area contributed by atoms with Crippen LogP contribution >= 0.6 is 11.3 Å². The third-order valence-corrected chi connectivity index (χ3v) is 5.20. The van der Waals surface area contributed by atoms with Crippen molar-refractivity contribution in [2.75, 3.05) is 18.5 Å². The Morgan fingerprint density at radius 3 is 2.69 bits per heavy atom. The number of nitrogens with zero attached hydrogens (tertiary/aromatic N) is 1. The molecule has 0 aliphatic heterocycles. The highest BCUT2D eigenvalue weighted by Gasteiger charge is 2.17. The third-order valence-electron chi connectivity index (χ3n) is 4.14. The molecule has 2 aromatic carbocycles. The lowest BCUT2D eigenvalue weighted by Gasteiger charge is -2.13. The molecule has 4 rings (SSSR count). The number of aromatic nitrogens is 1. The monoisotopic (exact) mass is 408 g/mol. The number of hydrogen-bond donors (Lipinski definition) is 1. The van der Waals surface area contributed by atoms with Crippen LogP contribution < -0.4 is 14.8 Å². The first-order valence-corrected chi connectivity index (χ1v) is 10.2. The Hall–Kier alpha value is -3.32. The molecule has 2 aromatic heterocycles. The first kappa shape index (κ1) is 19.0. The summed E-state index contributed by atoms with van der Waals surface area (Å²) in [7, 11) is 0. The molecule has 0 bridgehead atoms. The van der Waals surface area contributed by atoms with Crippen LogP contribution in [0.25, 0.3) is 21.0 Å². The van der Waals surface area contributed by atoms with Gasteiger partial charge in [0.05, 0.1) is 29.1 Å². The molecule has 6 nitrogen and oxygen atoms in total. The van der Waals surface area contributed by atoms with Crippen molar-refractivity contribution < 1.29 is 18.7 Å². The lowest BCUT2D eigenvalue weighted by Crippen LogP contribution is -2.12. The summed E-state index contributed by atoms with van der Waals surface area (Å²) in [6, 6.07) is 16.6. The van der Waals surface area contributed by atoms with Gasteiger partial charge < -0.3 is 19.2 Å². The normalized spacial score (nSPS) is 10.8. The van der Waals surface area contributed by atoms with Crippen molar-refractivity contribution in [2.24, 2.45) is 0 Å². The van der Waals surface area contributed by atoms with E-state index in [9.17, 15) is 4.79 Å². The van der Waals surface area contributed by atoms with Crippen LogP contribution in [0.1, 0.15) is 24.4 Å². The first-order valence-electron chi connectivity index (χ1n) is 9.34. The number of hydrogen-bond acceptors (Lipinski definition) is 6. The second-order valence-electron chi connectivity index (χ2n) is 6.13. The van der Waals surface area contributed by atoms with E-state index in [1.165, 1.54) is 11.3 Å². The van der Waals surface area contributed by atoms with Crippen molar-refractivity contribution in [1.29, 1.82) is 0 Å². The Balaban J connectivity index is 1.57. The number of ether oxygens (including phenoxy) is 2. The molecule has 148 valence electrons. The summed E-state index contributed by atoms with van der Waals surface area (Å²) in [6.07, 6.45) is 0. The number of amides is 1. The van der Waals surface area contributed by atoms with Crippen LogP contribution in [-0.2, 0) is 0 Å². The molecule has 0 fully saturated rings. The molecule has 4 aromatic rings. The van der Waals surface area contributed by atoms with E-state index in [1.807, 2.05) is 44.2 Å². The Morgan fingerprint density at radius 1 is 1.07 bits per heavy atom. The van der Waals surface area contributed by atoms with Gasteiger partial charge in [0.2, 0.25) is 0 Å². The molecule has 0 aliphatic carbocycles. The standard InChI is InChI=1S/C22H20N2O4S/c1-3-26-14-9-10-17(27-4-2)16(13-14)23-21(25)18-11-12-19(28-18)22-24-15-7-5-6-8-20(15)29-22/h5-13H,3-4H2,1-2H3,(H,23,25). The van der Waals surface area contributed by atoms with Gasteiger partial charge in [0, 0.05) is 6.07 Å². The van der Waals surface area contributed by atoms with Crippen LogP contribution in [0.4, 0.5) is 5.69 Å². The molecule has 1 N–H and O–H groups in total. The van der Waals surface area contributed by atoms with E-state index in [0.29, 0.717) is 36.2 Å². The first-order chi connectivity index (χ1) is 14.2. The van der Waals surface area contributed by atoms with Crippen molar-refractivity contribution in [3.63, 3.8) is 0 Å². The Kier molecular flexibility index (Phi) is 5.48. The molecule has 2 heterocycles. The van der Waals surface area contributed by atoms with Crippen molar-refractivity contribution >= 4 is 33.1 Å². The molecular formula is C22H20N2O4S. The molecule has 7 heteroatoms. The Bertz CT molecular complexity index is 1120. The number of fused-ring (bicyclic) bond motifs is 1. The molecule has 0 atom stereocenters. The van der Waals surface area contributed by atoms with E-state index >= 15 is 0 Å². The fraction of sp³-hybridized carbons (Fsp3) is 0.182. The van der Waals surface area contributed by atoms with Gasteiger partial charge in [0.15, 0.2) is 16.5 Å². The summed E-state index contributed by atoms with van der Waals surface area (Å²) < 4.78 is 18.0. The van der Waals surface area contributed by atoms with Gasteiger partial charge in [-0.2, -0.15) is 0 Å². The lowest BCUT2D eigenvalue weighted by atomic mass is 10.2. The second-order valence-corrected chi connectivity index (χ2v) is 7.16. The largest absolute Gasteiger partial charge is 0.494 e. The van der Waals surface area contributed by atoms with Crippen LogP contribution in [0.3, 0.4) is 0 Å². The smallest absolute Gasteiger partial charge is 0.291 e. The number of rotatable bonds is 7. The van der Waals surface area contributed by atoms with Gasteiger partial charge in [0.1, 0.15) is 11.5 Å². The molecule has 29 heavy (non-hydrogen) atoms. The Labute approximate surface area is 172 Å². The van der Waals surface area contributed by atoms with Crippen LogP contribution in [0.2, 0.25) is 0 Å². The van der Waals surface area contributed by atoms with Gasteiger partial charge in [-0.15, -0.1) is 11.3 Å². The third kappa shape index (κ3) is 4.09. The number of carbonyl (C=O) groups is 1. The molecule has 0 saturated carbocycles. The number of thiazole rings is 1. The number of anilines is 1. The number of para-hydroxylation sites is 1. The van der Waals surface area contributed by atoms with Gasteiger partial charge in [-0.1, -0.05) is 12.1 Å². The average molecular weight is 408 g/mol. The molecule has 0 spiro atoms. The highest BCUT2D eigenvalue weighted by molar-refractivity contribution is 7.21. The highest BCUT2D eigenvalue weighted by atomic mass is 32.1. The SMILES string of the molecule is CCOc1ccc(OCC)c(NC(=O)c2ccc(-c3nc4ccccc4s3)o2)c1. The maximum Gasteiger partial charge on any atom is 0.291 e. The fourth-order valence-electron chi connectivity index (χ4n) is 2.88. The molecule has 0 unspecified atom stereocenters. The fourth-order valence-corrected chi connectivity index (χ4v) is 3.81. The quantitative estimate of drug-likeness (QED) is 0.430. The Morgan fingerprint density at radius 2 is 1.90 bits per heavy atom. The predicted molar refractivity (Wildman–Crippen MR) is 114 cm³/mol. The molecule has 1 amide bonds. The zero-order chi connectivity index (χ0) is 20.2. The van der Waals surface area contributed by atoms with Crippen molar-refractivity contribution in [1.82, 2.24) is 4.98 Å². The van der Waals surface area contributed by atoms with Gasteiger partial charge >= 0.3 is 0 Å². The minimum absolute atomic E-state index is 0.198. The topological polar surface area (TPSA) is 73.6 Å².